The molecule has 0 aliphatic heterocycles. The van der Waals surface area contributed by atoms with Crippen molar-refractivity contribution in [1.82, 2.24) is 0 Å². The van der Waals surface area contributed by atoms with Gasteiger partial charge in [0.25, 0.3) is 0 Å². The van der Waals surface area contributed by atoms with E-state index in [2.05, 4.69) is 117 Å². The summed E-state index contributed by atoms with van der Waals surface area (Å²) in [4.78, 5) is 3.37. The molecule has 0 heterocycles. The van der Waals surface area contributed by atoms with Gasteiger partial charge in [0.05, 0.1) is 15.8 Å². The van der Waals surface area contributed by atoms with Crippen LogP contribution in [0.1, 0.15) is 67.9 Å². The van der Waals surface area contributed by atoms with Crippen molar-refractivity contribution in [2.75, 3.05) is 0 Å². The molecule has 0 saturated carbocycles. The number of benzene rings is 4. The summed E-state index contributed by atoms with van der Waals surface area (Å²) in [6.07, 6.45) is 0. The van der Waals surface area contributed by atoms with E-state index in [0.29, 0.717) is 0 Å². The van der Waals surface area contributed by atoms with Crippen LogP contribution in [0.2, 0.25) is 0 Å². The molecule has 0 aromatic heterocycles. The monoisotopic (exact) mass is 650 g/mol. The highest BCUT2D eigenvalue weighted by molar-refractivity contribution is 7.97. The van der Waals surface area contributed by atoms with Crippen molar-refractivity contribution in [3.05, 3.63) is 103 Å². The second kappa shape index (κ2) is 14.3. The Kier molecular flexibility index (Phi) is 11.5. The van der Waals surface area contributed by atoms with Gasteiger partial charge in [0.1, 0.15) is 44.2 Å². The molecular formula is C37H46O6S2. The molecule has 0 amide bonds. The van der Waals surface area contributed by atoms with Crippen LogP contribution in [-0.4, -0.2) is 29.8 Å². The summed E-state index contributed by atoms with van der Waals surface area (Å²) >= 11 is 0. The van der Waals surface area contributed by atoms with E-state index in [9.17, 15) is 13.0 Å². The zero-order valence-electron chi connectivity index (χ0n) is 28.0. The van der Waals surface area contributed by atoms with E-state index in [1.165, 1.54) is 26.8 Å². The second-order valence-electron chi connectivity index (χ2n) is 13.6. The van der Waals surface area contributed by atoms with E-state index in [1.54, 1.807) is 12.1 Å². The average Bonchev–Trinajstić information content (AvgIpc) is 2.87. The van der Waals surface area contributed by atoms with Crippen LogP contribution in [0.4, 0.5) is 0 Å². The minimum Gasteiger partial charge on any atom is -0.744 e. The lowest BCUT2D eigenvalue weighted by Crippen LogP contribution is -2.23. The summed E-state index contributed by atoms with van der Waals surface area (Å²) in [5, 5.41) is 0. The van der Waals surface area contributed by atoms with Crippen LogP contribution < -0.4 is 14.2 Å². The fourth-order valence-electron chi connectivity index (χ4n) is 4.17. The van der Waals surface area contributed by atoms with Gasteiger partial charge < -0.3 is 18.8 Å². The fourth-order valence-corrected chi connectivity index (χ4v) is 6.80. The smallest absolute Gasteiger partial charge is 0.170 e. The number of aryl methyl sites for hydroxylation is 1. The van der Waals surface area contributed by atoms with Gasteiger partial charge in [-0.15, -0.1) is 0 Å². The zero-order chi connectivity index (χ0) is 33.6. The van der Waals surface area contributed by atoms with Crippen LogP contribution in [0, 0.1) is 6.92 Å². The van der Waals surface area contributed by atoms with Crippen LogP contribution in [0.25, 0.3) is 0 Å². The predicted molar refractivity (Wildman–Crippen MR) is 182 cm³/mol. The lowest BCUT2D eigenvalue weighted by atomic mass is 10.2. The summed E-state index contributed by atoms with van der Waals surface area (Å²) in [7, 11) is -4.64. The number of hydrogen-bond acceptors (Lipinski definition) is 6. The quantitative estimate of drug-likeness (QED) is 0.146. The Labute approximate surface area is 272 Å². The molecule has 0 spiro atoms. The molecule has 0 aliphatic carbocycles. The Hall–Kier alpha value is -3.46. The van der Waals surface area contributed by atoms with Gasteiger partial charge in [0, 0.05) is 18.2 Å². The van der Waals surface area contributed by atoms with E-state index >= 15 is 0 Å². The molecule has 8 heteroatoms. The molecule has 0 radical (unpaired) electrons. The van der Waals surface area contributed by atoms with Crippen LogP contribution in [0.3, 0.4) is 0 Å². The highest BCUT2D eigenvalue weighted by Crippen LogP contribution is 2.37. The summed E-state index contributed by atoms with van der Waals surface area (Å²) in [6, 6.07) is 31.1. The molecule has 0 N–H and O–H groups in total. The maximum Gasteiger partial charge on any atom is 0.170 e. The third kappa shape index (κ3) is 12.5. The first-order valence-electron chi connectivity index (χ1n) is 14.8. The van der Waals surface area contributed by atoms with Gasteiger partial charge in [-0.05, 0) is 118 Å². The minimum atomic E-state index is -4.27. The average molecular weight is 651 g/mol. The minimum absolute atomic E-state index is 0.178. The Morgan fingerprint density at radius 2 is 0.844 bits per heavy atom. The molecule has 242 valence electrons. The molecule has 4 aromatic carbocycles. The van der Waals surface area contributed by atoms with E-state index in [1.807, 2.05) is 25.1 Å². The van der Waals surface area contributed by atoms with Crippen LogP contribution in [0.5, 0.6) is 17.2 Å². The number of ether oxygens (including phenoxy) is 3. The molecule has 0 atom stereocenters. The summed E-state index contributed by atoms with van der Waals surface area (Å²) in [6.45, 7) is 20.4. The molecule has 0 unspecified atom stereocenters. The Bertz CT molecular complexity index is 1520. The Morgan fingerprint density at radius 3 is 1.11 bits per heavy atom. The van der Waals surface area contributed by atoms with E-state index in [4.69, 9.17) is 14.2 Å². The molecule has 4 rings (SSSR count). The number of rotatable bonds is 7. The maximum atomic E-state index is 10.4. The van der Waals surface area contributed by atoms with Crippen molar-refractivity contribution in [2.24, 2.45) is 0 Å². The molecule has 45 heavy (non-hydrogen) atoms. The lowest BCUT2D eigenvalue weighted by molar-refractivity contribution is 0.130. The van der Waals surface area contributed by atoms with Crippen LogP contribution in [0.15, 0.2) is 117 Å². The van der Waals surface area contributed by atoms with Crippen LogP contribution in [-0.2, 0) is 21.0 Å². The zero-order valence-corrected chi connectivity index (χ0v) is 29.6. The van der Waals surface area contributed by atoms with Crippen LogP contribution >= 0.6 is 0 Å². The van der Waals surface area contributed by atoms with Crippen molar-refractivity contribution in [3.63, 3.8) is 0 Å². The van der Waals surface area contributed by atoms with Gasteiger partial charge in [0.2, 0.25) is 0 Å². The topological polar surface area (TPSA) is 84.9 Å². The van der Waals surface area contributed by atoms with Crippen molar-refractivity contribution in [2.45, 2.75) is 106 Å². The Balaban J connectivity index is 0.000000423. The van der Waals surface area contributed by atoms with Crippen molar-refractivity contribution in [3.8, 4) is 17.2 Å². The maximum absolute atomic E-state index is 10.4. The first kappa shape index (κ1) is 36.0. The SMILES string of the molecule is CC(C)(C)Oc1cccc([S+](c2cccc(OC(C)(C)C)c2)c2cccc(OC(C)(C)C)c2)c1.Cc1ccc(S(=O)(=O)[O-])cc1. The summed E-state index contributed by atoms with van der Waals surface area (Å²) in [5.74, 6) is 2.60. The normalized spacial score (nSPS) is 12.3. The third-order valence-electron chi connectivity index (χ3n) is 5.71. The molecule has 0 saturated heterocycles. The molecule has 0 fully saturated rings. The largest absolute Gasteiger partial charge is 0.744 e. The van der Waals surface area contributed by atoms with Gasteiger partial charge in [-0.25, -0.2) is 8.42 Å². The lowest BCUT2D eigenvalue weighted by Gasteiger charge is -2.22. The third-order valence-corrected chi connectivity index (χ3v) is 8.73. The van der Waals surface area contributed by atoms with Gasteiger partial charge in [-0.2, -0.15) is 0 Å². The first-order valence-corrected chi connectivity index (χ1v) is 17.5. The molecular weight excluding hydrogens is 605 g/mol. The molecule has 6 nitrogen and oxygen atoms in total. The van der Waals surface area contributed by atoms with Gasteiger partial charge in [-0.3, -0.25) is 0 Å². The fraction of sp³-hybridized carbons (Fsp3) is 0.351. The van der Waals surface area contributed by atoms with Gasteiger partial charge in [0.15, 0.2) is 14.7 Å². The Morgan fingerprint density at radius 1 is 0.533 bits per heavy atom. The molecule has 0 aliphatic rings. The highest BCUT2D eigenvalue weighted by Gasteiger charge is 2.31. The number of hydrogen-bond donors (Lipinski definition) is 0. The van der Waals surface area contributed by atoms with Crippen molar-refractivity contribution < 1.29 is 27.2 Å². The van der Waals surface area contributed by atoms with E-state index in [0.717, 1.165) is 22.8 Å². The first-order chi connectivity index (χ1) is 20.7. The molecule has 4 aromatic rings. The van der Waals surface area contributed by atoms with E-state index < -0.39 is 10.1 Å². The van der Waals surface area contributed by atoms with Crippen molar-refractivity contribution in [1.29, 1.82) is 0 Å². The van der Waals surface area contributed by atoms with Gasteiger partial charge >= 0.3 is 0 Å². The molecule has 0 bridgehead atoms. The second-order valence-corrected chi connectivity index (χ2v) is 17.0. The van der Waals surface area contributed by atoms with E-state index in [-0.39, 0.29) is 32.6 Å². The summed E-state index contributed by atoms with van der Waals surface area (Å²) < 4.78 is 49.8. The standard InChI is InChI=1S/C30H39O3S.C7H8O3S/c1-28(2,3)31-22-13-10-16-25(19-22)34(26-17-11-14-23(20-26)32-29(4,5)6)27-18-12-15-24(21-27)33-30(7,8)9;1-6-2-4-7(5-3-6)11(8,9)10/h10-21H,1-9H3;2-5H,1H3,(H,8,9,10)/q+1;/p-1. The van der Waals surface area contributed by atoms with Gasteiger partial charge in [-0.1, -0.05) is 35.9 Å². The summed E-state index contributed by atoms with van der Waals surface area (Å²) in [5.41, 5.74) is 0.131. The highest BCUT2D eigenvalue weighted by atomic mass is 32.2. The van der Waals surface area contributed by atoms with Crippen molar-refractivity contribution >= 4 is 21.0 Å². The predicted octanol–water partition coefficient (Wildman–Crippen LogP) is 9.21.